The first-order chi connectivity index (χ1) is 14.6. The molecule has 1 saturated heterocycles. The van der Waals surface area contributed by atoms with Gasteiger partial charge in [-0.2, -0.15) is 5.26 Å². The van der Waals surface area contributed by atoms with Crippen LogP contribution in [0.2, 0.25) is 0 Å². The number of hydrogen-bond acceptors (Lipinski definition) is 5. The second-order valence-corrected chi connectivity index (χ2v) is 7.43. The smallest absolute Gasteiger partial charge is 0.258 e. The zero-order valence-corrected chi connectivity index (χ0v) is 16.9. The van der Waals surface area contributed by atoms with Gasteiger partial charge in [-0.3, -0.25) is 14.3 Å². The predicted molar refractivity (Wildman–Crippen MR) is 111 cm³/mol. The largest absolute Gasteiger partial charge is 0.443 e. The standard InChI is InChI=1S/C23H24N4O3/c1-17-21(19(15-24)23(30-17)27-9-5-6-10-27)22(29)26-13-11-25(12-14-26)16-20(28)18-7-3-2-4-8-18/h2-10,20,28H,11-14,16H2,1H3. The third kappa shape index (κ3) is 3.88. The van der Waals surface area contributed by atoms with Gasteiger partial charge < -0.3 is 14.4 Å². The van der Waals surface area contributed by atoms with E-state index in [2.05, 4.69) is 11.0 Å². The van der Waals surface area contributed by atoms with Crippen molar-refractivity contribution in [1.29, 1.82) is 5.26 Å². The molecule has 3 heterocycles. The number of aromatic nitrogens is 1. The number of aryl methyl sites for hydroxylation is 1. The number of carbonyl (C=O) groups is 1. The van der Waals surface area contributed by atoms with E-state index >= 15 is 0 Å². The highest BCUT2D eigenvalue weighted by Gasteiger charge is 2.30. The minimum atomic E-state index is -0.557. The molecule has 1 aliphatic heterocycles. The number of rotatable bonds is 5. The number of nitriles is 1. The van der Waals surface area contributed by atoms with Crippen LogP contribution >= 0.6 is 0 Å². The quantitative estimate of drug-likeness (QED) is 0.707. The van der Waals surface area contributed by atoms with Crippen LogP contribution in [0.4, 0.5) is 0 Å². The van der Waals surface area contributed by atoms with Gasteiger partial charge in [0.25, 0.3) is 5.91 Å². The van der Waals surface area contributed by atoms with Crippen LogP contribution in [0.15, 0.2) is 59.3 Å². The maximum atomic E-state index is 13.2. The van der Waals surface area contributed by atoms with E-state index in [9.17, 15) is 15.2 Å². The zero-order chi connectivity index (χ0) is 21.1. The number of piperazine rings is 1. The molecule has 1 unspecified atom stereocenters. The van der Waals surface area contributed by atoms with Crippen molar-refractivity contribution in [3.8, 4) is 12.0 Å². The summed E-state index contributed by atoms with van der Waals surface area (Å²) < 4.78 is 7.46. The summed E-state index contributed by atoms with van der Waals surface area (Å²) in [5.41, 5.74) is 1.48. The van der Waals surface area contributed by atoms with Gasteiger partial charge in [-0.25, -0.2) is 0 Å². The summed E-state index contributed by atoms with van der Waals surface area (Å²) in [5, 5.41) is 20.1. The molecular weight excluding hydrogens is 380 g/mol. The molecule has 7 heteroatoms. The van der Waals surface area contributed by atoms with Gasteiger partial charge in [-0.1, -0.05) is 30.3 Å². The Bertz CT molecular complexity index is 1040. The van der Waals surface area contributed by atoms with E-state index in [-0.39, 0.29) is 11.5 Å². The van der Waals surface area contributed by atoms with E-state index in [1.165, 1.54) is 0 Å². The fourth-order valence-electron chi connectivity index (χ4n) is 3.86. The molecule has 30 heavy (non-hydrogen) atoms. The number of aliphatic hydroxyl groups excluding tert-OH is 1. The number of carbonyl (C=O) groups excluding carboxylic acids is 1. The number of benzene rings is 1. The van der Waals surface area contributed by atoms with E-state index < -0.39 is 6.10 Å². The molecule has 1 atom stereocenters. The van der Waals surface area contributed by atoms with Crippen LogP contribution in [-0.4, -0.2) is 58.1 Å². The maximum Gasteiger partial charge on any atom is 0.258 e. The molecule has 154 valence electrons. The van der Waals surface area contributed by atoms with Gasteiger partial charge in [-0.15, -0.1) is 0 Å². The molecule has 0 aliphatic carbocycles. The summed E-state index contributed by atoms with van der Waals surface area (Å²) >= 11 is 0. The van der Waals surface area contributed by atoms with E-state index in [0.29, 0.717) is 49.9 Å². The minimum Gasteiger partial charge on any atom is -0.443 e. The Balaban J connectivity index is 1.43. The van der Waals surface area contributed by atoms with E-state index in [0.717, 1.165) is 5.56 Å². The van der Waals surface area contributed by atoms with Crippen molar-refractivity contribution in [2.75, 3.05) is 32.7 Å². The Morgan fingerprint density at radius 1 is 1.13 bits per heavy atom. The molecule has 7 nitrogen and oxygen atoms in total. The van der Waals surface area contributed by atoms with Gasteiger partial charge in [0.2, 0.25) is 5.88 Å². The average molecular weight is 404 g/mol. The van der Waals surface area contributed by atoms with Crippen LogP contribution in [0.25, 0.3) is 5.88 Å². The number of β-amino-alcohol motifs (C(OH)–C–C–N with tert-alkyl or cyclic N) is 1. The lowest BCUT2D eigenvalue weighted by molar-refractivity contribution is 0.0526. The van der Waals surface area contributed by atoms with E-state index in [1.807, 2.05) is 42.5 Å². The lowest BCUT2D eigenvalue weighted by Crippen LogP contribution is -2.49. The number of amides is 1. The third-order valence-electron chi connectivity index (χ3n) is 5.51. The fourth-order valence-corrected chi connectivity index (χ4v) is 3.86. The van der Waals surface area contributed by atoms with Gasteiger partial charge in [0.15, 0.2) is 0 Å². The molecule has 3 aromatic rings. The topological polar surface area (TPSA) is 85.6 Å². The van der Waals surface area contributed by atoms with E-state index in [1.54, 1.807) is 28.8 Å². The van der Waals surface area contributed by atoms with Gasteiger partial charge in [0.05, 0.1) is 6.10 Å². The molecular formula is C23H24N4O3. The van der Waals surface area contributed by atoms with Crippen LogP contribution in [-0.2, 0) is 0 Å². The lowest BCUT2D eigenvalue weighted by atomic mass is 10.1. The molecule has 1 fully saturated rings. The maximum absolute atomic E-state index is 13.2. The lowest BCUT2D eigenvalue weighted by Gasteiger charge is -2.35. The molecule has 0 spiro atoms. The van der Waals surface area contributed by atoms with Crippen LogP contribution in [0.1, 0.15) is 33.3 Å². The van der Waals surface area contributed by atoms with Gasteiger partial charge >= 0.3 is 0 Å². The summed E-state index contributed by atoms with van der Waals surface area (Å²) in [7, 11) is 0. The predicted octanol–water partition coefficient (Wildman–Crippen LogP) is 2.74. The Hall–Kier alpha value is -3.34. The van der Waals surface area contributed by atoms with Crippen molar-refractivity contribution >= 4 is 5.91 Å². The number of nitrogens with zero attached hydrogens (tertiary/aromatic N) is 4. The van der Waals surface area contributed by atoms with Crippen molar-refractivity contribution in [2.45, 2.75) is 13.0 Å². The highest BCUT2D eigenvalue weighted by Crippen LogP contribution is 2.27. The van der Waals surface area contributed by atoms with Gasteiger partial charge in [0, 0.05) is 45.1 Å². The first-order valence-corrected chi connectivity index (χ1v) is 10.00. The molecule has 4 rings (SSSR count). The normalized spacial score (nSPS) is 15.7. The average Bonchev–Trinajstić information content (AvgIpc) is 3.42. The summed E-state index contributed by atoms with van der Waals surface area (Å²) in [4.78, 5) is 17.1. The fraction of sp³-hybridized carbons (Fsp3) is 0.304. The van der Waals surface area contributed by atoms with Gasteiger partial charge in [-0.05, 0) is 24.6 Å². The summed E-state index contributed by atoms with van der Waals surface area (Å²) in [5.74, 6) is 0.629. The van der Waals surface area contributed by atoms with Crippen LogP contribution < -0.4 is 0 Å². The van der Waals surface area contributed by atoms with Crippen molar-refractivity contribution in [3.05, 3.63) is 77.3 Å². The Morgan fingerprint density at radius 2 is 1.80 bits per heavy atom. The van der Waals surface area contributed by atoms with E-state index in [4.69, 9.17) is 4.42 Å². The van der Waals surface area contributed by atoms with Crippen LogP contribution in [0.3, 0.4) is 0 Å². The summed E-state index contributed by atoms with van der Waals surface area (Å²) in [6.45, 7) is 4.65. The van der Waals surface area contributed by atoms with Crippen LogP contribution in [0, 0.1) is 18.3 Å². The summed E-state index contributed by atoms with van der Waals surface area (Å²) in [6.07, 6.45) is 3.01. The number of hydrogen-bond donors (Lipinski definition) is 1. The monoisotopic (exact) mass is 404 g/mol. The molecule has 1 amide bonds. The van der Waals surface area contributed by atoms with Gasteiger partial charge in [0.1, 0.15) is 23.0 Å². The molecule has 2 aromatic heterocycles. The first kappa shape index (κ1) is 20.0. The molecule has 1 aromatic carbocycles. The Labute approximate surface area is 175 Å². The molecule has 0 bridgehead atoms. The molecule has 1 N–H and O–H groups in total. The zero-order valence-electron chi connectivity index (χ0n) is 16.9. The summed E-state index contributed by atoms with van der Waals surface area (Å²) in [6, 6.07) is 15.4. The van der Waals surface area contributed by atoms with Crippen molar-refractivity contribution in [3.63, 3.8) is 0 Å². The second kappa shape index (κ2) is 8.57. The SMILES string of the molecule is Cc1oc(-n2cccc2)c(C#N)c1C(=O)N1CCN(CC(O)c2ccccc2)CC1. The highest BCUT2D eigenvalue weighted by atomic mass is 16.4. The number of aliphatic hydroxyl groups is 1. The first-order valence-electron chi connectivity index (χ1n) is 10.00. The molecule has 1 aliphatic rings. The Kier molecular flexibility index (Phi) is 5.70. The van der Waals surface area contributed by atoms with Crippen molar-refractivity contribution < 1.29 is 14.3 Å². The molecule has 0 saturated carbocycles. The Morgan fingerprint density at radius 3 is 2.43 bits per heavy atom. The van der Waals surface area contributed by atoms with Crippen molar-refractivity contribution in [1.82, 2.24) is 14.4 Å². The second-order valence-electron chi connectivity index (χ2n) is 7.43. The third-order valence-corrected chi connectivity index (χ3v) is 5.51. The number of furan rings is 1. The van der Waals surface area contributed by atoms with Crippen LogP contribution in [0.5, 0.6) is 0 Å². The highest BCUT2D eigenvalue weighted by molar-refractivity contribution is 5.98. The van der Waals surface area contributed by atoms with Crippen molar-refractivity contribution in [2.24, 2.45) is 0 Å². The minimum absolute atomic E-state index is 0.186. The molecule has 0 radical (unpaired) electrons.